The highest BCUT2D eigenvalue weighted by atomic mass is 16.5. The van der Waals surface area contributed by atoms with Crippen LogP contribution < -0.4 is 29.2 Å². The molecule has 3 aromatic heterocycles. The molecule has 258 valence electrons. The molecule has 0 aliphatic heterocycles. The third-order valence-corrected chi connectivity index (χ3v) is 9.99. The lowest BCUT2D eigenvalue weighted by Gasteiger charge is -2.28. The molecule has 7 rings (SSSR count). The summed E-state index contributed by atoms with van der Waals surface area (Å²) in [5.74, 6) is 4.28. The van der Waals surface area contributed by atoms with Crippen LogP contribution in [0, 0.1) is 24.7 Å². The number of aliphatic hydroxyl groups is 1. The monoisotopic (exact) mass is 675 g/mol. The zero-order valence-electron chi connectivity index (χ0n) is 28.8. The van der Waals surface area contributed by atoms with E-state index >= 15 is 0 Å². The van der Waals surface area contributed by atoms with Gasteiger partial charge in [0.25, 0.3) is 0 Å². The number of hydrogen-bond acceptors (Lipinski definition) is 10. The van der Waals surface area contributed by atoms with Gasteiger partial charge in [0.05, 0.1) is 40.2 Å². The molecule has 0 saturated heterocycles. The van der Waals surface area contributed by atoms with Crippen LogP contribution in [0.3, 0.4) is 0 Å². The van der Waals surface area contributed by atoms with Gasteiger partial charge in [-0.15, -0.1) is 0 Å². The number of carbonyl (C=O) groups is 1. The van der Waals surface area contributed by atoms with Gasteiger partial charge < -0.3 is 34.3 Å². The Morgan fingerprint density at radius 2 is 1.50 bits per heavy atom. The molecule has 11 heteroatoms. The molecule has 2 saturated carbocycles. The number of aliphatic hydroxyl groups excluding tert-OH is 1. The molecule has 0 bridgehead atoms. The zero-order valence-corrected chi connectivity index (χ0v) is 28.8. The number of ether oxygens (including phenoxy) is 4. The number of rotatable bonds is 12. The molecular formula is C39H41N5O6. The van der Waals surface area contributed by atoms with Crippen molar-refractivity contribution in [2.75, 3.05) is 38.7 Å². The molecule has 4 atom stereocenters. The van der Waals surface area contributed by atoms with Crippen LogP contribution in [0.5, 0.6) is 23.0 Å². The average Bonchev–Trinajstić information content (AvgIpc) is 3.66. The van der Waals surface area contributed by atoms with Crippen LogP contribution in [-0.4, -0.2) is 60.5 Å². The maximum absolute atomic E-state index is 13.3. The van der Waals surface area contributed by atoms with Crippen molar-refractivity contribution in [2.24, 2.45) is 17.8 Å². The van der Waals surface area contributed by atoms with E-state index in [1.54, 1.807) is 40.8 Å². The Balaban J connectivity index is 1.34. The Morgan fingerprint density at radius 3 is 2.08 bits per heavy atom. The highest BCUT2D eigenvalue weighted by Crippen LogP contribution is 2.57. The Hall–Kier alpha value is -5.42. The molecule has 0 spiro atoms. The van der Waals surface area contributed by atoms with Crippen molar-refractivity contribution >= 4 is 28.3 Å². The smallest absolute Gasteiger partial charge is 0.229 e. The van der Waals surface area contributed by atoms with E-state index in [0.717, 1.165) is 38.7 Å². The molecule has 50 heavy (non-hydrogen) atoms. The number of hydrogen-bond donors (Lipinski definition) is 2. The minimum Gasteiger partial charge on any atom is -0.497 e. The number of benzene rings is 2. The largest absolute Gasteiger partial charge is 0.497 e. The summed E-state index contributed by atoms with van der Waals surface area (Å²) in [6.45, 7) is 2.88. The van der Waals surface area contributed by atoms with Gasteiger partial charge in [-0.3, -0.25) is 9.78 Å². The van der Waals surface area contributed by atoms with E-state index in [2.05, 4.69) is 15.2 Å². The van der Waals surface area contributed by atoms with Gasteiger partial charge in [-0.25, -0.2) is 9.97 Å². The van der Waals surface area contributed by atoms with Gasteiger partial charge in [0, 0.05) is 71.8 Å². The van der Waals surface area contributed by atoms with Gasteiger partial charge in [0.15, 0.2) is 0 Å². The van der Waals surface area contributed by atoms with Crippen LogP contribution in [0.4, 0.5) is 11.6 Å². The minimum atomic E-state index is -0.299. The number of nitrogens with one attached hydrogen (secondary N) is 1. The normalized spacial score (nSPS) is 19.1. The molecule has 2 aromatic carbocycles. The van der Waals surface area contributed by atoms with E-state index in [9.17, 15) is 9.90 Å². The summed E-state index contributed by atoms with van der Waals surface area (Å²) >= 11 is 0. The maximum atomic E-state index is 13.3. The number of fused-ring (bicyclic) bond motifs is 2. The maximum Gasteiger partial charge on any atom is 0.229 e. The van der Waals surface area contributed by atoms with Gasteiger partial charge in [0.1, 0.15) is 34.6 Å². The fourth-order valence-electron chi connectivity index (χ4n) is 7.30. The number of aromatic nitrogens is 3. The first-order valence-corrected chi connectivity index (χ1v) is 16.7. The first-order valence-electron chi connectivity index (χ1n) is 16.7. The number of amides is 1. The van der Waals surface area contributed by atoms with Crippen LogP contribution in [0.25, 0.3) is 22.0 Å². The van der Waals surface area contributed by atoms with Crippen LogP contribution >= 0.6 is 0 Å². The predicted octanol–water partition coefficient (Wildman–Crippen LogP) is 6.20. The Bertz CT molecular complexity index is 1980. The van der Waals surface area contributed by atoms with E-state index in [-0.39, 0.29) is 29.8 Å². The average molecular weight is 676 g/mol. The second-order valence-electron chi connectivity index (χ2n) is 13.0. The molecule has 1 unspecified atom stereocenters. The van der Waals surface area contributed by atoms with Gasteiger partial charge in [0.2, 0.25) is 5.91 Å². The van der Waals surface area contributed by atoms with Crippen LogP contribution in [0.2, 0.25) is 0 Å². The molecule has 2 fully saturated rings. The highest BCUT2D eigenvalue weighted by molar-refractivity contribution is 5.99. The summed E-state index contributed by atoms with van der Waals surface area (Å²) in [5.41, 5.74) is 4.52. The van der Waals surface area contributed by atoms with Crippen LogP contribution in [-0.2, 0) is 17.9 Å². The molecule has 2 aliphatic carbocycles. The van der Waals surface area contributed by atoms with Gasteiger partial charge in [-0.05, 0) is 85.0 Å². The Labute approximate surface area is 291 Å². The SMILES string of the molecule is COc1ccc(CN(Cc2ccc(OC)cc2OC)c2nc(-c3cnccc3C)cc3cc(NC(=O)[C@H]4[C@@H]5CC(O)C[C@@H]54)ncc23)c(OC)c1. The lowest BCUT2D eigenvalue weighted by atomic mass is 10.0. The van der Waals surface area contributed by atoms with Crippen molar-refractivity contribution in [3.05, 3.63) is 89.9 Å². The first-order chi connectivity index (χ1) is 24.3. The molecule has 5 aromatic rings. The Morgan fingerprint density at radius 1 is 0.860 bits per heavy atom. The summed E-state index contributed by atoms with van der Waals surface area (Å²) in [4.78, 5) is 29.8. The van der Waals surface area contributed by atoms with E-state index in [1.807, 2.05) is 67.7 Å². The van der Waals surface area contributed by atoms with Crippen LogP contribution in [0.15, 0.2) is 73.2 Å². The fourth-order valence-corrected chi connectivity index (χ4v) is 7.30. The van der Waals surface area contributed by atoms with Crippen molar-refractivity contribution in [3.63, 3.8) is 0 Å². The summed E-state index contributed by atoms with van der Waals surface area (Å²) in [6.07, 6.45) is 6.43. The standard InChI is InChI=1S/C39H41N5O6/c1-22-10-11-40-18-31(22)33-12-25-13-36(43-39(46)37-29-14-26(45)15-30(29)37)41-19-32(25)38(42-33)44(20-23-6-8-27(47-2)16-34(23)49-4)21-24-7-9-28(48-3)17-35(24)50-5/h6-13,16-19,26,29-30,37,45H,14-15,20-21H2,1-5H3,(H,41,43,46)/t26?,29-,30+,37+. The lowest BCUT2D eigenvalue weighted by Crippen LogP contribution is -2.24. The van der Waals surface area contributed by atoms with Crippen molar-refractivity contribution in [1.82, 2.24) is 15.0 Å². The Kier molecular flexibility index (Phi) is 9.16. The van der Waals surface area contributed by atoms with Crippen molar-refractivity contribution in [1.29, 1.82) is 0 Å². The quantitative estimate of drug-likeness (QED) is 0.158. The number of carbonyl (C=O) groups excluding carboxylic acids is 1. The lowest BCUT2D eigenvalue weighted by molar-refractivity contribution is -0.118. The van der Waals surface area contributed by atoms with Crippen molar-refractivity contribution < 1.29 is 28.8 Å². The van der Waals surface area contributed by atoms with E-state index in [1.165, 1.54) is 0 Å². The number of methoxy groups -OCH3 is 4. The first kappa shape index (κ1) is 33.1. The summed E-state index contributed by atoms with van der Waals surface area (Å²) < 4.78 is 22.6. The molecular weight excluding hydrogens is 634 g/mol. The van der Waals surface area contributed by atoms with Gasteiger partial charge in [-0.2, -0.15) is 0 Å². The van der Waals surface area contributed by atoms with E-state index in [0.29, 0.717) is 60.6 Å². The molecule has 1 amide bonds. The van der Waals surface area contributed by atoms with Crippen molar-refractivity contribution in [3.8, 4) is 34.3 Å². The molecule has 11 nitrogen and oxygen atoms in total. The van der Waals surface area contributed by atoms with Gasteiger partial charge >= 0.3 is 0 Å². The minimum absolute atomic E-state index is 0.0452. The predicted molar refractivity (Wildman–Crippen MR) is 191 cm³/mol. The molecule has 0 radical (unpaired) electrons. The summed E-state index contributed by atoms with van der Waals surface area (Å²) in [7, 11) is 6.54. The highest BCUT2D eigenvalue weighted by Gasteiger charge is 2.59. The van der Waals surface area contributed by atoms with E-state index < -0.39 is 0 Å². The number of pyridine rings is 3. The molecule has 2 aliphatic rings. The second-order valence-corrected chi connectivity index (χ2v) is 13.0. The fraction of sp³-hybridized carbons (Fsp3) is 0.333. The topological polar surface area (TPSA) is 128 Å². The third kappa shape index (κ3) is 6.48. The number of anilines is 2. The number of nitrogens with zero attached hydrogens (tertiary/aromatic N) is 4. The number of aryl methyl sites for hydroxylation is 1. The summed E-state index contributed by atoms with van der Waals surface area (Å²) in [6, 6.07) is 17.4. The third-order valence-electron chi connectivity index (χ3n) is 9.99. The second kappa shape index (κ2) is 13.8. The zero-order chi connectivity index (χ0) is 34.9. The van der Waals surface area contributed by atoms with Crippen LogP contribution in [0.1, 0.15) is 29.5 Å². The van der Waals surface area contributed by atoms with Crippen molar-refractivity contribution in [2.45, 2.75) is 39.0 Å². The van der Waals surface area contributed by atoms with Gasteiger partial charge in [-0.1, -0.05) is 0 Å². The molecule has 2 N–H and O–H groups in total. The summed E-state index contributed by atoms with van der Waals surface area (Å²) in [5, 5.41) is 14.7. The van der Waals surface area contributed by atoms with E-state index in [4.69, 9.17) is 28.9 Å². The molecule has 3 heterocycles.